The Morgan fingerprint density at radius 1 is 1.53 bits per heavy atom. The summed E-state index contributed by atoms with van der Waals surface area (Å²) in [6, 6.07) is 0. The number of rotatable bonds is 4. The minimum absolute atomic E-state index is 0.0115. The van der Waals surface area contributed by atoms with Crippen LogP contribution in [0.25, 0.3) is 0 Å². The zero-order valence-electron chi connectivity index (χ0n) is 9.72. The molecule has 0 saturated carbocycles. The van der Waals surface area contributed by atoms with Crippen molar-refractivity contribution in [3.05, 3.63) is 23.0 Å². The number of nitrogens with one attached hydrogen (secondary N) is 1. The van der Waals surface area contributed by atoms with Gasteiger partial charge in [0, 0.05) is 6.54 Å². The Morgan fingerprint density at radius 2 is 2.27 bits per heavy atom. The van der Waals surface area contributed by atoms with Crippen molar-refractivity contribution < 1.29 is 9.53 Å². The second-order valence-corrected chi connectivity index (χ2v) is 3.79. The number of amides is 1. The average Bonchev–Trinajstić information content (AvgIpc) is 2.25. The van der Waals surface area contributed by atoms with E-state index in [-0.39, 0.29) is 5.91 Å². The summed E-state index contributed by atoms with van der Waals surface area (Å²) in [6.07, 6.45) is 4.63. The number of allylic oxidation sites excluding steroid dienone is 2. The van der Waals surface area contributed by atoms with E-state index in [2.05, 4.69) is 12.2 Å². The largest absolute Gasteiger partial charge is 0.496 e. The molecule has 0 heterocycles. The molecule has 0 unspecified atom stereocenters. The number of carbonyl (C=O) groups is 1. The average molecular weight is 209 g/mol. The molecular formula is C12H19NO2. The van der Waals surface area contributed by atoms with Crippen molar-refractivity contribution in [2.24, 2.45) is 0 Å². The highest BCUT2D eigenvalue weighted by atomic mass is 16.5. The van der Waals surface area contributed by atoms with Crippen LogP contribution < -0.4 is 5.32 Å². The monoisotopic (exact) mass is 209 g/mol. The topological polar surface area (TPSA) is 38.3 Å². The van der Waals surface area contributed by atoms with Gasteiger partial charge in [0.25, 0.3) is 5.91 Å². The molecule has 0 atom stereocenters. The van der Waals surface area contributed by atoms with E-state index in [0.717, 1.165) is 31.4 Å². The summed E-state index contributed by atoms with van der Waals surface area (Å²) in [4.78, 5) is 11.8. The molecule has 0 aromatic carbocycles. The first kappa shape index (κ1) is 11.8. The van der Waals surface area contributed by atoms with Crippen LogP contribution in [0, 0.1) is 0 Å². The smallest absolute Gasteiger partial charge is 0.250 e. The van der Waals surface area contributed by atoms with Gasteiger partial charge < -0.3 is 10.1 Å². The molecule has 0 aliphatic heterocycles. The fraction of sp³-hybridized carbons (Fsp3) is 0.583. The molecule has 0 saturated heterocycles. The van der Waals surface area contributed by atoms with Crippen molar-refractivity contribution in [3.8, 4) is 0 Å². The molecule has 84 valence electrons. The number of ether oxygens (including phenoxy) is 1. The van der Waals surface area contributed by atoms with Gasteiger partial charge in [0.1, 0.15) is 5.76 Å². The van der Waals surface area contributed by atoms with Gasteiger partial charge in [0.15, 0.2) is 0 Å². The SMILES string of the molecule is CCCNC(=O)C1=C(OC)C=C(C)CC1. The second kappa shape index (κ2) is 5.59. The molecule has 15 heavy (non-hydrogen) atoms. The van der Waals surface area contributed by atoms with Crippen LogP contribution in [0.1, 0.15) is 33.1 Å². The van der Waals surface area contributed by atoms with Crippen molar-refractivity contribution in [1.82, 2.24) is 5.32 Å². The summed E-state index contributed by atoms with van der Waals surface area (Å²) in [6.45, 7) is 4.82. The lowest BCUT2D eigenvalue weighted by Crippen LogP contribution is -2.27. The molecule has 0 radical (unpaired) electrons. The van der Waals surface area contributed by atoms with Gasteiger partial charge in [-0.2, -0.15) is 0 Å². The Kier molecular flexibility index (Phi) is 4.40. The predicted molar refractivity (Wildman–Crippen MR) is 60.3 cm³/mol. The van der Waals surface area contributed by atoms with E-state index in [1.807, 2.05) is 13.0 Å². The Hall–Kier alpha value is -1.25. The Bertz CT molecular complexity index is 303. The van der Waals surface area contributed by atoms with Crippen molar-refractivity contribution >= 4 is 5.91 Å². The van der Waals surface area contributed by atoms with E-state index < -0.39 is 0 Å². The molecule has 0 fully saturated rings. The molecule has 0 bridgehead atoms. The van der Waals surface area contributed by atoms with Gasteiger partial charge in [0.05, 0.1) is 12.7 Å². The summed E-state index contributed by atoms with van der Waals surface area (Å²) in [5.74, 6) is 0.727. The van der Waals surface area contributed by atoms with E-state index >= 15 is 0 Å². The molecule has 1 aliphatic carbocycles. The van der Waals surface area contributed by atoms with E-state index in [9.17, 15) is 4.79 Å². The molecule has 3 nitrogen and oxygen atoms in total. The van der Waals surface area contributed by atoms with Crippen LogP contribution in [-0.4, -0.2) is 19.6 Å². The van der Waals surface area contributed by atoms with Crippen molar-refractivity contribution in [2.45, 2.75) is 33.1 Å². The van der Waals surface area contributed by atoms with E-state index in [1.165, 1.54) is 5.57 Å². The quantitative estimate of drug-likeness (QED) is 0.770. The fourth-order valence-corrected chi connectivity index (χ4v) is 1.58. The second-order valence-electron chi connectivity index (χ2n) is 3.79. The lowest BCUT2D eigenvalue weighted by atomic mass is 9.97. The Balaban J connectivity index is 2.77. The molecule has 3 heteroatoms. The third kappa shape index (κ3) is 3.11. The minimum Gasteiger partial charge on any atom is -0.496 e. The maximum Gasteiger partial charge on any atom is 0.250 e. The molecule has 0 spiro atoms. The zero-order valence-corrected chi connectivity index (χ0v) is 9.72. The first-order chi connectivity index (χ1) is 7.19. The van der Waals surface area contributed by atoms with Crippen LogP contribution in [-0.2, 0) is 9.53 Å². The fourth-order valence-electron chi connectivity index (χ4n) is 1.58. The number of hydrogen-bond acceptors (Lipinski definition) is 2. The van der Waals surface area contributed by atoms with Gasteiger partial charge in [-0.1, -0.05) is 12.5 Å². The normalized spacial score (nSPS) is 16.1. The third-order valence-corrected chi connectivity index (χ3v) is 2.47. The summed E-state index contributed by atoms with van der Waals surface area (Å²) >= 11 is 0. The number of carbonyl (C=O) groups excluding carboxylic acids is 1. The van der Waals surface area contributed by atoms with Gasteiger partial charge in [-0.15, -0.1) is 0 Å². The molecule has 0 aromatic rings. The minimum atomic E-state index is 0.0115. The van der Waals surface area contributed by atoms with E-state index in [4.69, 9.17) is 4.74 Å². The summed E-state index contributed by atoms with van der Waals surface area (Å²) in [7, 11) is 1.61. The van der Waals surface area contributed by atoms with E-state index in [0.29, 0.717) is 5.76 Å². The number of hydrogen-bond donors (Lipinski definition) is 1. The van der Waals surface area contributed by atoms with Crippen molar-refractivity contribution in [3.63, 3.8) is 0 Å². The van der Waals surface area contributed by atoms with Crippen LogP contribution in [0.15, 0.2) is 23.0 Å². The van der Waals surface area contributed by atoms with Crippen LogP contribution in [0.2, 0.25) is 0 Å². The van der Waals surface area contributed by atoms with Gasteiger partial charge in [0.2, 0.25) is 0 Å². The highest BCUT2D eigenvalue weighted by molar-refractivity contribution is 5.94. The molecule has 1 rings (SSSR count). The Morgan fingerprint density at radius 3 is 2.87 bits per heavy atom. The van der Waals surface area contributed by atoms with E-state index in [1.54, 1.807) is 7.11 Å². The third-order valence-electron chi connectivity index (χ3n) is 2.47. The standard InChI is InChI=1S/C12H19NO2/c1-4-7-13-12(14)10-6-5-9(2)8-11(10)15-3/h8H,4-7H2,1-3H3,(H,13,14). The Labute approximate surface area is 91.2 Å². The first-order valence-electron chi connectivity index (χ1n) is 5.41. The summed E-state index contributed by atoms with van der Waals surface area (Å²) in [5.41, 5.74) is 2.04. The number of methoxy groups -OCH3 is 1. The molecular weight excluding hydrogens is 190 g/mol. The van der Waals surface area contributed by atoms with Crippen molar-refractivity contribution in [1.29, 1.82) is 0 Å². The van der Waals surface area contributed by atoms with Gasteiger partial charge >= 0.3 is 0 Å². The lowest BCUT2D eigenvalue weighted by molar-refractivity contribution is -0.117. The van der Waals surface area contributed by atoms with Crippen LogP contribution in [0.3, 0.4) is 0 Å². The first-order valence-corrected chi connectivity index (χ1v) is 5.41. The van der Waals surface area contributed by atoms with Gasteiger partial charge in [-0.3, -0.25) is 4.79 Å². The molecule has 0 aromatic heterocycles. The predicted octanol–water partition coefficient (Wildman–Crippen LogP) is 2.15. The molecule has 1 amide bonds. The summed E-state index contributed by atoms with van der Waals surface area (Å²) in [5, 5.41) is 2.88. The maximum atomic E-state index is 11.8. The van der Waals surface area contributed by atoms with Crippen LogP contribution in [0.5, 0.6) is 0 Å². The summed E-state index contributed by atoms with van der Waals surface area (Å²) < 4.78 is 5.22. The van der Waals surface area contributed by atoms with Crippen LogP contribution >= 0.6 is 0 Å². The maximum absolute atomic E-state index is 11.8. The molecule has 1 N–H and O–H groups in total. The lowest BCUT2D eigenvalue weighted by Gasteiger charge is -2.17. The highest BCUT2D eigenvalue weighted by Gasteiger charge is 2.18. The zero-order chi connectivity index (χ0) is 11.3. The van der Waals surface area contributed by atoms with Crippen LogP contribution in [0.4, 0.5) is 0 Å². The van der Waals surface area contributed by atoms with Crippen molar-refractivity contribution in [2.75, 3.05) is 13.7 Å². The highest BCUT2D eigenvalue weighted by Crippen LogP contribution is 2.24. The van der Waals surface area contributed by atoms with Gasteiger partial charge in [-0.05, 0) is 32.3 Å². The van der Waals surface area contributed by atoms with Gasteiger partial charge in [-0.25, -0.2) is 0 Å². The molecule has 1 aliphatic rings.